The number of benzene rings is 1. The topological polar surface area (TPSA) is 40.5 Å². The summed E-state index contributed by atoms with van der Waals surface area (Å²) in [5.41, 5.74) is 1.11. The second kappa shape index (κ2) is 7.24. The van der Waals surface area contributed by atoms with Gasteiger partial charge < -0.3 is 10.0 Å². The summed E-state index contributed by atoms with van der Waals surface area (Å²) >= 11 is 0. The molecule has 1 heterocycles. The number of halogens is 1. The molecule has 1 atom stereocenters. The zero-order valence-electron chi connectivity index (χ0n) is 12.2. The van der Waals surface area contributed by atoms with Crippen molar-refractivity contribution in [3.63, 3.8) is 0 Å². The number of carbonyl (C=O) groups excluding carboxylic acids is 1. The van der Waals surface area contributed by atoms with E-state index in [-0.39, 0.29) is 18.3 Å². The number of likely N-dealkylation sites (tertiary alicyclic amines) is 1. The summed E-state index contributed by atoms with van der Waals surface area (Å²) in [4.78, 5) is 13.6. The molecule has 1 N–H and O–H groups in total. The molecular formula is C17H20FNO2. The van der Waals surface area contributed by atoms with Gasteiger partial charge in [-0.3, -0.25) is 4.79 Å². The Kier molecular flexibility index (Phi) is 5.35. The first-order valence-electron chi connectivity index (χ1n) is 7.30. The van der Waals surface area contributed by atoms with Gasteiger partial charge in [0.25, 0.3) is 0 Å². The van der Waals surface area contributed by atoms with Crippen molar-refractivity contribution in [2.45, 2.75) is 32.7 Å². The molecule has 1 fully saturated rings. The van der Waals surface area contributed by atoms with Crippen molar-refractivity contribution in [2.24, 2.45) is 5.92 Å². The molecule has 0 spiro atoms. The van der Waals surface area contributed by atoms with Crippen LogP contribution in [0.15, 0.2) is 18.2 Å². The van der Waals surface area contributed by atoms with Gasteiger partial charge in [-0.2, -0.15) is 0 Å². The zero-order chi connectivity index (χ0) is 15.2. The maximum absolute atomic E-state index is 14.1. The minimum Gasteiger partial charge on any atom is -0.395 e. The highest BCUT2D eigenvalue weighted by Crippen LogP contribution is 2.23. The lowest BCUT2D eigenvalue weighted by atomic mass is 10.1. The summed E-state index contributed by atoms with van der Waals surface area (Å²) in [5, 5.41) is 8.65. The highest BCUT2D eigenvalue weighted by molar-refractivity contribution is 5.78. The van der Waals surface area contributed by atoms with Gasteiger partial charge in [0.05, 0.1) is 6.61 Å². The second-order valence-corrected chi connectivity index (χ2v) is 5.33. The fourth-order valence-corrected chi connectivity index (χ4v) is 2.46. The molecule has 1 aliphatic rings. The van der Waals surface area contributed by atoms with E-state index in [0.717, 1.165) is 6.42 Å². The Morgan fingerprint density at radius 2 is 2.29 bits per heavy atom. The summed E-state index contributed by atoms with van der Waals surface area (Å²) in [6.07, 6.45) is 1.93. The van der Waals surface area contributed by atoms with Crippen molar-refractivity contribution in [2.75, 3.05) is 13.2 Å². The van der Waals surface area contributed by atoms with Crippen LogP contribution >= 0.6 is 0 Å². The number of aliphatic hydroxyl groups excluding tert-OH is 1. The number of hydrogen-bond donors (Lipinski definition) is 1. The monoisotopic (exact) mass is 289 g/mol. The third-order valence-electron chi connectivity index (χ3n) is 3.76. The lowest BCUT2D eigenvalue weighted by Gasteiger charge is -2.17. The zero-order valence-corrected chi connectivity index (χ0v) is 12.2. The molecule has 0 bridgehead atoms. The molecule has 0 radical (unpaired) electrons. The third-order valence-corrected chi connectivity index (χ3v) is 3.76. The van der Waals surface area contributed by atoms with Crippen LogP contribution in [0.3, 0.4) is 0 Å². The van der Waals surface area contributed by atoms with E-state index in [1.807, 2.05) is 0 Å². The molecule has 21 heavy (non-hydrogen) atoms. The number of nitrogens with zero attached hydrogens (tertiary/aromatic N) is 1. The van der Waals surface area contributed by atoms with E-state index in [4.69, 9.17) is 5.11 Å². The van der Waals surface area contributed by atoms with Crippen LogP contribution < -0.4 is 0 Å². The lowest BCUT2D eigenvalue weighted by molar-refractivity contribution is -0.128. The molecule has 1 aliphatic heterocycles. The Morgan fingerprint density at radius 3 is 2.90 bits per heavy atom. The second-order valence-electron chi connectivity index (χ2n) is 5.33. The molecule has 2 rings (SSSR count). The fourth-order valence-electron chi connectivity index (χ4n) is 2.46. The van der Waals surface area contributed by atoms with Gasteiger partial charge in [-0.1, -0.05) is 31.3 Å². The molecule has 1 aromatic carbocycles. The number of rotatable bonds is 4. The van der Waals surface area contributed by atoms with Crippen LogP contribution in [0.1, 0.15) is 37.3 Å². The van der Waals surface area contributed by atoms with Crippen LogP contribution in [0.4, 0.5) is 4.39 Å². The normalized spacial score (nSPS) is 17.8. The molecule has 1 saturated heterocycles. The first-order chi connectivity index (χ1) is 10.1. The Labute approximate surface area is 124 Å². The van der Waals surface area contributed by atoms with E-state index in [1.165, 1.54) is 6.07 Å². The Balaban J connectivity index is 2.05. The van der Waals surface area contributed by atoms with Crippen molar-refractivity contribution in [3.8, 4) is 11.8 Å². The first-order valence-corrected chi connectivity index (χ1v) is 7.30. The van der Waals surface area contributed by atoms with Crippen molar-refractivity contribution >= 4 is 5.91 Å². The van der Waals surface area contributed by atoms with Gasteiger partial charge in [0, 0.05) is 37.1 Å². The smallest absolute Gasteiger partial charge is 0.223 e. The average Bonchev–Trinajstić information content (AvgIpc) is 2.82. The van der Waals surface area contributed by atoms with Crippen LogP contribution in [0.5, 0.6) is 0 Å². The molecular weight excluding hydrogens is 269 g/mol. The number of hydrogen-bond acceptors (Lipinski definition) is 2. The van der Waals surface area contributed by atoms with Gasteiger partial charge in [0.1, 0.15) is 5.82 Å². The molecule has 1 amide bonds. The largest absolute Gasteiger partial charge is 0.395 e. The Morgan fingerprint density at radius 1 is 1.48 bits per heavy atom. The maximum Gasteiger partial charge on any atom is 0.223 e. The molecule has 4 heteroatoms. The third kappa shape index (κ3) is 4.05. The van der Waals surface area contributed by atoms with Gasteiger partial charge >= 0.3 is 0 Å². The van der Waals surface area contributed by atoms with E-state index < -0.39 is 0 Å². The minimum atomic E-state index is -0.335. The van der Waals surface area contributed by atoms with Crippen LogP contribution in [0.25, 0.3) is 0 Å². The highest BCUT2D eigenvalue weighted by atomic mass is 19.1. The lowest BCUT2D eigenvalue weighted by Crippen LogP contribution is -2.25. The highest BCUT2D eigenvalue weighted by Gasteiger charge is 2.28. The number of amides is 1. The van der Waals surface area contributed by atoms with Crippen molar-refractivity contribution < 1.29 is 14.3 Å². The van der Waals surface area contributed by atoms with Gasteiger partial charge in [0.2, 0.25) is 5.91 Å². The molecule has 112 valence electrons. The molecule has 1 aromatic rings. The van der Waals surface area contributed by atoms with E-state index >= 15 is 0 Å². The quantitative estimate of drug-likeness (QED) is 0.864. The molecule has 0 aromatic heterocycles. The standard InChI is InChI=1S/C17H20FNO2/c1-2-13-10-17(21)19(11-13)12-15-7-6-14(9-16(15)18)5-3-4-8-20/h6-7,9,13,20H,2,4,8,10-12H2,1H3. The average molecular weight is 289 g/mol. The minimum absolute atomic E-state index is 0.00321. The number of carbonyl (C=O) groups is 1. The van der Waals surface area contributed by atoms with Gasteiger partial charge in [0.15, 0.2) is 0 Å². The molecule has 3 nitrogen and oxygen atoms in total. The molecule has 0 saturated carbocycles. The summed E-state index contributed by atoms with van der Waals surface area (Å²) in [6.45, 7) is 3.11. The summed E-state index contributed by atoms with van der Waals surface area (Å²) < 4.78 is 14.1. The van der Waals surface area contributed by atoms with Crippen molar-refractivity contribution in [1.82, 2.24) is 4.90 Å². The molecule has 1 unspecified atom stereocenters. The van der Waals surface area contributed by atoms with Gasteiger partial charge in [-0.25, -0.2) is 4.39 Å². The van der Waals surface area contributed by atoms with E-state index in [9.17, 15) is 9.18 Å². The van der Waals surface area contributed by atoms with Gasteiger partial charge in [-0.15, -0.1) is 0 Å². The van der Waals surface area contributed by atoms with Crippen LogP contribution in [0, 0.1) is 23.6 Å². The Hall–Kier alpha value is -1.86. The first kappa shape index (κ1) is 15.5. The number of aliphatic hydroxyl groups is 1. The predicted molar refractivity (Wildman–Crippen MR) is 78.8 cm³/mol. The summed E-state index contributed by atoms with van der Waals surface area (Å²) in [6, 6.07) is 4.82. The fraction of sp³-hybridized carbons (Fsp3) is 0.471. The Bertz CT molecular complexity index is 574. The molecule has 0 aliphatic carbocycles. The SMILES string of the molecule is CCC1CC(=O)N(Cc2ccc(C#CCCO)cc2F)C1. The van der Waals surface area contributed by atoms with E-state index in [0.29, 0.717) is 43.0 Å². The summed E-state index contributed by atoms with van der Waals surface area (Å²) in [7, 11) is 0. The van der Waals surface area contributed by atoms with Crippen LogP contribution in [0.2, 0.25) is 0 Å². The van der Waals surface area contributed by atoms with Crippen molar-refractivity contribution in [3.05, 3.63) is 35.1 Å². The predicted octanol–water partition coefficient (Wildman–Crippen LogP) is 2.32. The van der Waals surface area contributed by atoms with Gasteiger partial charge in [-0.05, 0) is 18.1 Å². The summed E-state index contributed by atoms with van der Waals surface area (Å²) in [5.74, 6) is 5.72. The van der Waals surface area contributed by atoms with E-state index in [2.05, 4.69) is 18.8 Å². The van der Waals surface area contributed by atoms with Crippen LogP contribution in [-0.2, 0) is 11.3 Å². The van der Waals surface area contributed by atoms with Crippen molar-refractivity contribution in [1.29, 1.82) is 0 Å². The maximum atomic E-state index is 14.1. The van der Waals surface area contributed by atoms with E-state index in [1.54, 1.807) is 17.0 Å². The van der Waals surface area contributed by atoms with Crippen LogP contribution in [-0.4, -0.2) is 29.1 Å².